The average molecular weight is 290 g/mol. The topological polar surface area (TPSA) is 73.6 Å². The van der Waals surface area contributed by atoms with Gasteiger partial charge in [-0.25, -0.2) is 5.48 Å². The lowest BCUT2D eigenvalue weighted by Crippen LogP contribution is -2.23. The summed E-state index contributed by atoms with van der Waals surface area (Å²) < 4.78 is 10.8. The Kier molecular flexibility index (Phi) is 4.94. The normalized spacial score (nSPS) is 10.4. The van der Waals surface area contributed by atoms with Gasteiger partial charge in [0.1, 0.15) is 18.1 Å². The van der Waals surface area contributed by atoms with Crippen LogP contribution in [-0.4, -0.2) is 18.2 Å². The Morgan fingerprint density at radius 1 is 1.29 bits per heavy atom. The molecule has 2 aromatic rings. The number of nitrogens with zero attached hydrogens (tertiary/aromatic N) is 1. The highest BCUT2D eigenvalue weighted by Gasteiger charge is 2.09. The summed E-state index contributed by atoms with van der Waals surface area (Å²) in [5.74, 6) is 1.30. The average Bonchev–Trinajstić information content (AvgIpc) is 2.78. The highest BCUT2D eigenvalue weighted by atomic mass is 16.6. The van der Waals surface area contributed by atoms with Crippen molar-refractivity contribution in [3.63, 3.8) is 0 Å². The summed E-state index contributed by atoms with van der Waals surface area (Å²) in [6, 6.07) is 7.34. The number of hydrogen-bond donors (Lipinski definition) is 1. The van der Waals surface area contributed by atoms with E-state index in [1.165, 1.54) is 7.11 Å². The van der Waals surface area contributed by atoms with E-state index in [0.717, 1.165) is 28.3 Å². The van der Waals surface area contributed by atoms with E-state index in [9.17, 15) is 4.79 Å². The molecule has 0 saturated heterocycles. The molecule has 1 N–H and O–H groups in total. The molecule has 21 heavy (non-hydrogen) atoms. The third kappa shape index (κ3) is 4.06. The third-order valence-electron chi connectivity index (χ3n) is 3.07. The Morgan fingerprint density at radius 2 is 2.00 bits per heavy atom. The van der Waals surface area contributed by atoms with Gasteiger partial charge in [0.15, 0.2) is 0 Å². The second kappa shape index (κ2) is 6.90. The molecule has 6 nitrogen and oxygen atoms in total. The van der Waals surface area contributed by atoms with Gasteiger partial charge in [0.05, 0.1) is 24.8 Å². The molecular formula is C15H18N2O4. The highest BCUT2D eigenvalue weighted by Crippen LogP contribution is 2.18. The summed E-state index contributed by atoms with van der Waals surface area (Å²) in [5, 5.41) is 3.88. The molecule has 1 aromatic heterocycles. The van der Waals surface area contributed by atoms with E-state index < -0.39 is 0 Å². The number of carbonyl (C=O) groups excluding carboxylic acids is 1. The van der Waals surface area contributed by atoms with E-state index >= 15 is 0 Å². The lowest BCUT2D eigenvalue weighted by atomic mass is 10.1. The van der Waals surface area contributed by atoms with E-state index in [4.69, 9.17) is 9.26 Å². The Balaban J connectivity index is 1.92. The minimum atomic E-state index is -0.193. The van der Waals surface area contributed by atoms with Crippen LogP contribution < -0.4 is 10.2 Å². The molecular weight excluding hydrogens is 272 g/mol. The maximum Gasteiger partial charge on any atom is 0.247 e. The first-order valence-corrected chi connectivity index (χ1v) is 6.55. The second-order valence-electron chi connectivity index (χ2n) is 4.64. The fraction of sp³-hybridized carbons (Fsp3) is 0.333. The second-order valence-corrected chi connectivity index (χ2v) is 4.64. The van der Waals surface area contributed by atoms with Gasteiger partial charge < -0.3 is 9.26 Å². The number of carbonyl (C=O) groups is 1. The van der Waals surface area contributed by atoms with Crippen molar-refractivity contribution in [2.75, 3.05) is 7.11 Å². The molecule has 1 amide bonds. The van der Waals surface area contributed by atoms with Crippen LogP contribution >= 0.6 is 0 Å². The first-order chi connectivity index (χ1) is 10.1. The van der Waals surface area contributed by atoms with E-state index in [1.807, 2.05) is 38.1 Å². The zero-order valence-corrected chi connectivity index (χ0v) is 12.3. The number of amides is 1. The van der Waals surface area contributed by atoms with Crippen LogP contribution in [0.15, 0.2) is 28.8 Å². The predicted octanol–water partition coefficient (Wildman–Crippen LogP) is 2.09. The lowest BCUT2D eigenvalue weighted by Gasteiger charge is -2.07. The van der Waals surface area contributed by atoms with Crippen molar-refractivity contribution in [2.45, 2.75) is 26.9 Å². The Morgan fingerprint density at radius 3 is 2.57 bits per heavy atom. The van der Waals surface area contributed by atoms with Crippen LogP contribution in [0.2, 0.25) is 0 Å². The van der Waals surface area contributed by atoms with Crippen LogP contribution in [-0.2, 0) is 22.7 Å². The van der Waals surface area contributed by atoms with Crippen LogP contribution in [0.1, 0.15) is 22.6 Å². The summed E-state index contributed by atoms with van der Waals surface area (Å²) in [6.45, 7) is 4.15. The molecule has 0 unspecified atom stereocenters. The molecule has 0 radical (unpaired) electrons. The number of aryl methyl sites for hydroxylation is 2. The summed E-state index contributed by atoms with van der Waals surface area (Å²) >= 11 is 0. The third-order valence-corrected chi connectivity index (χ3v) is 3.07. The standard InChI is InChI=1S/C15H18N2O4/c1-10-14(11(2)21-16-10)9-20-13-6-4-12(5-7-13)8-15(18)17-19-3/h4-7H,8-9H2,1-3H3,(H,17,18). The minimum absolute atomic E-state index is 0.193. The van der Waals surface area contributed by atoms with Gasteiger partial charge in [-0.2, -0.15) is 0 Å². The number of aromatic nitrogens is 1. The summed E-state index contributed by atoms with van der Waals surface area (Å²) in [7, 11) is 1.41. The van der Waals surface area contributed by atoms with Gasteiger partial charge in [-0.05, 0) is 31.5 Å². The van der Waals surface area contributed by atoms with Crippen LogP contribution in [0.5, 0.6) is 5.75 Å². The molecule has 0 aliphatic carbocycles. The molecule has 0 saturated carbocycles. The predicted molar refractivity (Wildman–Crippen MR) is 75.6 cm³/mol. The summed E-state index contributed by atoms with van der Waals surface area (Å²) in [6.07, 6.45) is 0.262. The molecule has 6 heteroatoms. The number of benzene rings is 1. The van der Waals surface area contributed by atoms with Gasteiger partial charge in [-0.15, -0.1) is 0 Å². The molecule has 2 rings (SSSR count). The van der Waals surface area contributed by atoms with Crippen molar-refractivity contribution in [1.82, 2.24) is 10.6 Å². The zero-order chi connectivity index (χ0) is 15.2. The molecule has 1 aromatic carbocycles. The van der Waals surface area contributed by atoms with Gasteiger partial charge in [0.25, 0.3) is 0 Å². The SMILES string of the molecule is CONC(=O)Cc1ccc(OCc2c(C)noc2C)cc1. The number of nitrogens with one attached hydrogen (secondary N) is 1. The Bertz CT molecular complexity index is 585. The smallest absolute Gasteiger partial charge is 0.247 e. The van der Waals surface area contributed by atoms with Crippen molar-refractivity contribution in [1.29, 1.82) is 0 Å². The maximum absolute atomic E-state index is 11.4. The highest BCUT2D eigenvalue weighted by molar-refractivity contribution is 5.77. The van der Waals surface area contributed by atoms with Crippen molar-refractivity contribution >= 4 is 5.91 Å². The number of hydrogen-bond acceptors (Lipinski definition) is 5. The fourth-order valence-electron chi connectivity index (χ4n) is 1.90. The quantitative estimate of drug-likeness (QED) is 0.825. The summed E-state index contributed by atoms with van der Waals surface area (Å²) in [5.41, 5.74) is 4.95. The molecule has 0 aliphatic rings. The van der Waals surface area contributed by atoms with Gasteiger partial charge in [-0.1, -0.05) is 17.3 Å². The Labute approximate surface area is 123 Å². The van der Waals surface area contributed by atoms with Crippen LogP contribution in [0.4, 0.5) is 0 Å². The number of rotatable bonds is 6. The molecule has 0 aliphatic heterocycles. The molecule has 1 heterocycles. The van der Waals surface area contributed by atoms with E-state index in [-0.39, 0.29) is 12.3 Å². The monoisotopic (exact) mass is 290 g/mol. The maximum atomic E-state index is 11.4. The molecule has 0 fully saturated rings. The van der Waals surface area contributed by atoms with Gasteiger partial charge in [0.2, 0.25) is 5.91 Å². The van der Waals surface area contributed by atoms with E-state index in [2.05, 4.69) is 15.5 Å². The van der Waals surface area contributed by atoms with Gasteiger partial charge in [0, 0.05) is 0 Å². The largest absolute Gasteiger partial charge is 0.489 e. The molecule has 0 bridgehead atoms. The van der Waals surface area contributed by atoms with Gasteiger partial charge in [-0.3, -0.25) is 9.63 Å². The molecule has 0 atom stereocenters. The zero-order valence-electron chi connectivity index (χ0n) is 12.3. The van der Waals surface area contributed by atoms with Crippen molar-refractivity contribution < 1.29 is 18.9 Å². The molecule has 0 spiro atoms. The van der Waals surface area contributed by atoms with E-state index in [0.29, 0.717) is 6.61 Å². The minimum Gasteiger partial charge on any atom is -0.489 e. The van der Waals surface area contributed by atoms with Crippen LogP contribution in [0, 0.1) is 13.8 Å². The Hall–Kier alpha value is -2.34. The van der Waals surface area contributed by atoms with Crippen molar-refractivity contribution in [3.8, 4) is 5.75 Å². The molecule has 112 valence electrons. The van der Waals surface area contributed by atoms with Crippen LogP contribution in [0.25, 0.3) is 0 Å². The van der Waals surface area contributed by atoms with E-state index in [1.54, 1.807) is 0 Å². The van der Waals surface area contributed by atoms with Gasteiger partial charge >= 0.3 is 0 Å². The lowest BCUT2D eigenvalue weighted by molar-refractivity contribution is -0.130. The van der Waals surface area contributed by atoms with Crippen LogP contribution in [0.3, 0.4) is 0 Å². The number of ether oxygens (including phenoxy) is 1. The first-order valence-electron chi connectivity index (χ1n) is 6.55. The van der Waals surface area contributed by atoms with Crippen molar-refractivity contribution in [2.24, 2.45) is 0 Å². The summed E-state index contributed by atoms with van der Waals surface area (Å²) in [4.78, 5) is 15.9. The number of hydroxylamine groups is 1. The van der Waals surface area contributed by atoms with Crippen molar-refractivity contribution in [3.05, 3.63) is 46.8 Å². The fourth-order valence-corrected chi connectivity index (χ4v) is 1.90. The first kappa shape index (κ1) is 15.1.